The summed E-state index contributed by atoms with van der Waals surface area (Å²) >= 11 is 0. The Bertz CT molecular complexity index is 2400. The minimum Gasteiger partial charge on any atom is -0.497 e. The number of carbonyl (C=O) groups excluding carboxylic acids is 3. The number of aliphatic hydroxyl groups excluding tert-OH is 1. The second-order valence-corrected chi connectivity index (χ2v) is 22.0. The molecule has 0 bridgehead atoms. The highest BCUT2D eigenvalue weighted by Crippen LogP contribution is 2.39. The number of nitrogens with one attached hydrogen (secondary N) is 3. The molecule has 0 unspecified atom stereocenters. The highest BCUT2D eigenvalue weighted by Gasteiger charge is 2.44. The first kappa shape index (κ1) is 55.0. The van der Waals surface area contributed by atoms with Gasteiger partial charge in [-0.1, -0.05) is 86.6 Å². The van der Waals surface area contributed by atoms with Gasteiger partial charge >= 0.3 is 18.0 Å². The molecule has 0 aliphatic carbocycles. The smallest absolute Gasteiger partial charge is 0.407 e. The van der Waals surface area contributed by atoms with Gasteiger partial charge in [-0.3, -0.25) is 14.2 Å². The van der Waals surface area contributed by atoms with Crippen LogP contribution in [-0.4, -0.2) is 125 Å². The minimum absolute atomic E-state index is 0.00962. The van der Waals surface area contributed by atoms with Crippen molar-refractivity contribution < 1.29 is 65.6 Å². The number of hydrogen-bond acceptors (Lipinski definition) is 14. The lowest BCUT2D eigenvalue weighted by Crippen LogP contribution is -2.51. The molecule has 6 rings (SSSR count). The van der Waals surface area contributed by atoms with E-state index in [4.69, 9.17) is 33.2 Å². The molecule has 4 aromatic carbocycles. The molecule has 2 saturated heterocycles. The van der Waals surface area contributed by atoms with Gasteiger partial charge in [-0.15, -0.1) is 0 Å². The molecule has 386 valence electrons. The SMILES string of the molecule is CCOC(=O)[C@H](Cc1ccccc1)NP(=O)(COc1ccc(C[C@H](NC(=O)O[C@H]2CO[C@H]3OCC[C@H]32)[C@H](O)CN(CC(C)C)S(=O)(=O)c2ccc(OC)cc2)cc1)N[C@@H](Cc1ccccc1)C(=O)OCC. The third-order valence-electron chi connectivity index (χ3n) is 11.9. The number of carbonyl (C=O) groups is 3. The van der Waals surface area contributed by atoms with Gasteiger partial charge in [-0.2, -0.15) is 4.31 Å². The molecule has 1 amide bonds. The molecule has 4 N–H and O–H groups in total. The average Bonchev–Trinajstić information content (AvgIpc) is 3.99. The molecule has 2 heterocycles. The number of fused-ring (bicyclic) bond motifs is 1. The lowest BCUT2D eigenvalue weighted by atomic mass is 10.0. The third-order valence-corrected chi connectivity index (χ3v) is 15.7. The summed E-state index contributed by atoms with van der Waals surface area (Å²) in [5.41, 5.74) is 2.16. The van der Waals surface area contributed by atoms with Gasteiger partial charge in [0.25, 0.3) is 0 Å². The average molecular weight is 1020 g/mol. The minimum atomic E-state index is -4.12. The molecule has 4 aromatic rings. The first-order valence-corrected chi connectivity index (χ1v) is 27.2. The van der Waals surface area contributed by atoms with Gasteiger partial charge in [-0.05, 0) is 98.5 Å². The Kier molecular flexibility index (Phi) is 20.4. The number of hydrogen-bond donors (Lipinski definition) is 4. The largest absolute Gasteiger partial charge is 0.497 e. The maximum absolute atomic E-state index is 15.2. The van der Waals surface area contributed by atoms with Gasteiger partial charge in [-0.25, -0.2) is 23.4 Å². The molecule has 2 fully saturated rings. The van der Waals surface area contributed by atoms with E-state index in [-0.39, 0.29) is 74.7 Å². The second kappa shape index (κ2) is 26.4. The predicted octanol–water partition coefficient (Wildman–Crippen LogP) is 5.86. The van der Waals surface area contributed by atoms with E-state index in [1.165, 1.54) is 23.5 Å². The van der Waals surface area contributed by atoms with Crippen LogP contribution in [0, 0.1) is 11.8 Å². The highest BCUT2D eigenvalue weighted by molar-refractivity contribution is 7.89. The molecule has 2 aliphatic rings. The first-order chi connectivity index (χ1) is 34.1. The molecular weight excluding hydrogens is 956 g/mol. The van der Waals surface area contributed by atoms with E-state index >= 15 is 4.57 Å². The normalized spacial score (nSPS) is 18.5. The second-order valence-electron chi connectivity index (χ2n) is 17.8. The van der Waals surface area contributed by atoms with Crippen LogP contribution in [0.3, 0.4) is 0 Å². The molecule has 2 aliphatic heterocycles. The Morgan fingerprint density at radius 1 is 0.761 bits per heavy atom. The summed E-state index contributed by atoms with van der Waals surface area (Å²) in [6.07, 6.45) is -2.92. The summed E-state index contributed by atoms with van der Waals surface area (Å²) in [4.78, 5) is 40.5. The van der Waals surface area contributed by atoms with Crippen molar-refractivity contribution in [3.05, 3.63) is 126 Å². The van der Waals surface area contributed by atoms with Crippen LogP contribution in [0.2, 0.25) is 0 Å². The van der Waals surface area contributed by atoms with E-state index in [1.807, 2.05) is 74.5 Å². The number of esters is 2. The van der Waals surface area contributed by atoms with Crippen LogP contribution in [0.15, 0.2) is 114 Å². The predicted molar refractivity (Wildman–Crippen MR) is 264 cm³/mol. The number of rotatable bonds is 27. The Hall–Kier alpha value is -5.37. The van der Waals surface area contributed by atoms with Crippen LogP contribution in [0.5, 0.6) is 11.5 Å². The van der Waals surface area contributed by atoms with Gasteiger partial charge in [0.1, 0.15) is 29.7 Å². The number of ether oxygens (including phenoxy) is 7. The standard InChI is InChI=1S/C51H67N4O14PS/c1-6-64-48(57)44(29-36-14-10-8-11-15-36)53-70(60,54-45(49(58)65-7-2)30-37-16-12-9-13-17-37)34-68-40-20-18-38(19-21-40)28-43(52-51(59)69-47-33-67-50-42(47)26-27-66-50)46(56)32-55(31-35(3)4)71(61,62)41-24-22-39(63-5)23-25-41/h8-25,35,42-47,50,56H,6-7,26-34H2,1-5H3,(H,52,59)(H2,53,54,60)/t42-,43-,44-,45-,46+,47-,50+/m0/s1. The van der Waals surface area contributed by atoms with Crippen LogP contribution in [0.25, 0.3) is 0 Å². The van der Waals surface area contributed by atoms with Crippen LogP contribution in [0.1, 0.15) is 50.8 Å². The molecule has 71 heavy (non-hydrogen) atoms. The van der Waals surface area contributed by atoms with E-state index < -0.39 is 78.5 Å². The summed E-state index contributed by atoms with van der Waals surface area (Å²) in [5, 5.41) is 20.7. The maximum Gasteiger partial charge on any atom is 0.407 e. The molecule has 0 saturated carbocycles. The first-order valence-electron chi connectivity index (χ1n) is 23.9. The van der Waals surface area contributed by atoms with E-state index in [1.54, 1.807) is 50.2 Å². The Morgan fingerprint density at radius 3 is 1.85 bits per heavy atom. The molecule has 0 radical (unpaired) electrons. The van der Waals surface area contributed by atoms with Gasteiger partial charge in [0.2, 0.25) is 17.5 Å². The summed E-state index contributed by atoms with van der Waals surface area (Å²) < 4.78 is 83.8. The Morgan fingerprint density at radius 2 is 1.31 bits per heavy atom. The number of aliphatic hydroxyl groups is 1. The molecule has 0 spiro atoms. The van der Waals surface area contributed by atoms with Crippen LogP contribution < -0.4 is 25.0 Å². The fourth-order valence-corrected chi connectivity index (χ4v) is 11.9. The quantitative estimate of drug-likeness (QED) is 0.0312. The summed E-state index contributed by atoms with van der Waals surface area (Å²) in [5.74, 6) is -0.820. The van der Waals surface area contributed by atoms with Crippen molar-refractivity contribution in [3.63, 3.8) is 0 Å². The van der Waals surface area contributed by atoms with Crippen molar-refractivity contribution in [3.8, 4) is 11.5 Å². The zero-order valence-corrected chi connectivity index (χ0v) is 42.6. The van der Waals surface area contributed by atoms with Gasteiger partial charge in [0, 0.05) is 13.1 Å². The van der Waals surface area contributed by atoms with E-state index in [0.29, 0.717) is 24.3 Å². The topological polar surface area (TPSA) is 227 Å². The van der Waals surface area contributed by atoms with Gasteiger partial charge < -0.3 is 43.6 Å². The number of alkyl carbamates (subject to hydrolysis) is 1. The lowest BCUT2D eigenvalue weighted by Gasteiger charge is -2.31. The number of nitrogens with zero attached hydrogens (tertiary/aromatic N) is 1. The molecule has 18 nitrogen and oxygen atoms in total. The molecular formula is C51H67N4O14PS. The van der Waals surface area contributed by atoms with Crippen LogP contribution >= 0.6 is 7.44 Å². The molecule has 0 aromatic heterocycles. The van der Waals surface area contributed by atoms with Crippen molar-refractivity contribution >= 4 is 35.5 Å². The zero-order valence-electron chi connectivity index (χ0n) is 40.8. The maximum atomic E-state index is 15.2. The molecule has 7 atom stereocenters. The Balaban J connectivity index is 1.24. The van der Waals surface area contributed by atoms with Crippen molar-refractivity contribution in [2.24, 2.45) is 11.8 Å². The molecule has 20 heteroatoms. The fraction of sp³-hybridized carbons (Fsp3) is 0.471. The highest BCUT2D eigenvalue weighted by atomic mass is 32.2. The number of methoxy groups -OCH3 is 1. The number of benzene rings is 4. The summed E-state index contributed by atoms with van der Waals surface area (Å²) in [7, 11) is -6.71. The van der Waals surface area contributed by atoms with Crippen LogP contribution in [-0.2, 0) is 67.1 Å². The van der Waals surface area contributed by atoms with Gasteiger partial charge in [0.15, 0.2) is 12.6 Å². The van der Waals surface area contributed by atoms with E-state index in [2.05, 4.69) is 15.5 Å². The van der Waals surface area contributed by atoms with E-state index in [0.717, 1.165) is 11.1 Å². The van der Waals surface area contributed by atoms with Crippen molar-refractivity contribution in [2.75, 3.05) is 53.0 Å². The third kappa shape index (κ3) is 16.1. The van der Waals surface area contributed by atoms with Crippen molar-refractivity contribution in [1.82, 2.24) is 19.8 Å². The fourth-order valence-electron chi connectivity index (χ4n) is 8.37. The summed E-state index contributed by atoms with van der Waals surface area (Å²) in [6, 6.07) is 27.6. The Labute approximate surface area is 416 Å². The number of sulfonamides is 1. The number of amides is 1. The van der Waals surface area contributed by atoms with E-state index in [9.17, 15) is 27.9 Å². The van der Waals surface area contributed by atoms with Crippen molar-refractivity contribution in [1.29, 1.82) is 0 Å². The zero-order chi connectivity index (χ0) is 51.0. The monoisotopic (exact) mass is 1020 g/mol. The van der Waals surface area contributed by atoms with Crippen LogP contribution in [0.4, 0.5) is 4.79 Å². The lowest BCUT2D eigenvalue weighted by molar-refractivity contribution is -0.145. The van der Waals surface area contributed by atoms with Gasteiger partial charge in [0.05, 0.1) is 56.5 Å². The van der Waals surface area contributed by atoms with Crippen molar-refractivity contribution in [2.45, 2.75) is 94.9 Å². The summed E-state index contributed by atoms with van der Waals surface area (Å²) in [6.45, 7) is 7.54.